The third-order valence-corrected chi connectivity index (χ3v) is 4.02. The van der Waals surface area contributed by atoms with Crippen molar-refractivity contribution in [2.75, 3.05) is 19.4 Å². The smallest absolute Gasteiger partial charge is 0.263 e. The Labute approximate surface area is 134 Å². The molecule has 2 amide bonds. The third kappa shape index (κ3) is 3.81. The van der Waals surface area contributed by atoms with Gasteiger partial charge in [-0.05, 0) is 17.7 Å². The lowest BCUT2D eigenvalue weighted by Crippen LogP contribution is -2.38. The lowest BCUT2D eigenvalue weighted by atomic mass is 10.1. The molecule has 23 heavy (non-hydrogen) atoms. The number of rotatable bonds is 5. The first kappa shape index (κ1) is 16.8. The molecule has 0 saturated heterocycles. The summed E-state index contributed by atoms with van der Waals surface area (Å²) in [6, 6.07) is 1.87. The van der Waals surface area contributed by atoms with Gasteiger partial charge in [-0.25, -0.2) is 13.8 Å². The summed E-state index contributed by atoms with van der Waals surface area (Å²) in [5.41, 5.74) is 0.134. The fourth-order valence-corrected chi connectivity index (χ4v) is 2.51. The van der Waals surface area contributed by atoms with E-state index >= 15 is 0 Å². The van der Waals surface area contributed by atoms with Gasteiger partial charge < -0.3 is 16.0 Å². The minimum Gasteiger partial charge on any atom is -0.365 e. The van der Waals surface area contributed by atoms with E-state index in [1.54, 1.807) is 7.05 Å². The van der Waals surface area contributed by atoms with E-state index < -0.39 is 29.5 Å². The van der Waals surface area contributed by atoms with Gasteiger partial charge in [0.25, 0.3) is 5.91 Å². The Morgan fingerprint density at radius 2 is 1.96 bits per heavy atom. The minimum atomic E-state index is -1.15. The average molecular weight is 340 g/mol. The Morgan fingerprint density at radius 3 is 2.52 bits per heavy atom. The van der Waals surface area contributed by atoms with Gasteiger partial charge in [-0.1, -0.05) is 17.4 Å². The molecule has 9 heteroatoms. The number of carbonyl (C=O) groups excluding carboxylic acids is 2. The molecular weight excluding hydrogens is 326 g/mol. The van der Waals surface area contributed by atoms with Crippen molar-refractivity contribution in [3.05, 3.63) is 46.5 Å². The van der Waals surface area contributed by atoms with Crippen LogP contribution < -0.4 is 16.0 Å². The van der Waals surface area contributed by atoms with Crippen LogP contribution in [-0.2, 0) is 4.79 Å². The number of aromatic nitrogens is 1. The molecule has 1 aromatic heterocycles. The first-order valence-electron chi connectivity index (χ1n) is 6.57. The van der Waals surface area contributed by atoms with Crippen molar-refractivity contribution < 1.29 is 18.4 Å². The van der Waals surface area contributed by atoms with Crippen LogP contribution in [-0.4, -0.2) is 30.9 Å². The number of hydrogen-bond donors (Lipinski definition) is 3. The summed E-state index contributed by atoms with van der Waals surface area (Å²) in [6.07, 6.45) is 1.36. The fraction of sp³-hybridized carbons (Fsp3) is 0.214. The number of nitrogens with zero attached hydrogens (tertiary/aromatic N) is 1. The van der Waals surface area contributed by atoms with Crippen LogP contribution in [0.2, 0.25) is 0 Å². The molecule has 0 radical (unpaired) electrons. The molecule has 3 N–H and O–H groups in total. The van der Waals surface area contributed by atoms with E-state index in [0.29, 0.717) is 5.13 Å². The van der Waals surface area contributed by atoms with E-state index in [1.165, 1.54) is 19.3 Å². The zero-order valence-corrected chi connectivity index (χ0v) is 13.1. The maximum Gasteiger partial charge on any atom is 0.263 e. The van der Waals surface area contributed by atoms with Crippen molar-refractivity contribution in [2.45, 2.75) is 6.04 Å². The fourth-order valence-electron chi connectivity index (χ4n) is 1.83. The van der Waals surface area contributed by atoms with Crippen LogP contribution in [0.15, 0.2) is 24.4 Å². The van der Waals surface area contributed by atoms with Gasteiger partial charge >= 0.3 is 0 Å². The normalized spacial score (nSPS) is 11.7. The van der Waals surface area contributed by atoms with Gasteiger partial charge in [0.15, 0.2) is 16.8 Å². The molecule has 0 saturated carbocycles. The van der Waals surface area contributed by atoms with Crippen molar-refractivity contribution >= 4 is 28.3 Å². The van der Waals surface area contributed by atoms with Crippen LogP contribution in [0, 0.1) is 11.6 Å². The predicted octanol–water partition coefficient (Wildman–Crippen LogP) is 1.68. The molecule has 1 aromatic carbocycles. The van der Waals surface area contributed by atoms with Gasteiger partial charge in [0.2, 0.25) is 5.91 Å². The summed E-state index contributed by atoms with van der Waals surface area (Å²) in [7, 11) is 3.04. The van der Waals surface area contributed by atoms with Crippen molar-refractivity contribution in [3.8, 4) is 0 Å². The van der Waals surface area contributed by atoms with E-state index in [0.717, 1.165) is 23.5 Å². The van der Waals surface area contributed by atoms with Crippen LogP contribution in [0.3, 0.4) is 0 Å². The van der Waals surface area contributed by atoms with E-state index in [1.807, 2.05) is 0 Å². The average Bonchev–Trinajstić information content (AvgIpc) is 3.03. The Morgan fingerprint density at radius 1 is 1.22 bits per heavy atom. The van der Waals surface area contributed by atoms with Gasteiger partial charge in [0.05, 0.1) is 6.20 Å². The molecule has 122 valence electrons. The van der Waals surface area contributed by atoms with E-state index in [-0.39, 0.29) is 10.4 Å². The van der Waals surface area contributed by atoms with Crippen molar-refractivity contribution in [3.63, 3.8) is 0 Å². The maximum absolute atomic E-state index is 13.4. The molecule has 2 rings (SSSR count). The number of anilines is 1. The SMILES string of the molecule is CNC(=O)[C@@H](NC(=O)c1cnc(NC)s1)c1ccc(F)c(F)c1. The molecule has 1 heterocycles. The van der Waals surface area contributed by atoms with Crippen molar-refractivity contribution in [2.24, 2.45) is 0 Å². The summed E-state index contributed by atoms with van der Waals surface area (Å²) in [6.45, 7) is 0. The number of benzene rings is 1. The predicted molar refractivity (Wildman–Crippen MR) is 82.3 cm³/mol. The van der Waals surface area contributed by atoms with Crippen LogP contribution in [0.4, 0.5) is 13.9 Å². The first-order valence-corrected chi connectivity index (χ1v) is 7.39. The lowest BCUT2D eigenvalue weighted by molar-refractivity contribution is -0.122. The van der Waals surface area contributed by atoms with Crippen LogP contribution in [0.25, 0.3) is 0 Å². The van der Waals surface area contributed by atoms with Gasteiger partial charge in [0, 0.05) is 14.1 Å². The molecule has 0 aliphatic carbocycles. The summed E-state index contributed by atoms with van der Waals surface area (Å²) in [4.78, 5) is 28.4. The molecule has 0 spiro atoms. The summed E-state index contributed by atoms with van der Waals surface area (Å²) in [5, 5.41) is 8.20. The van der Waals surface area contributed by atoms with Gasteiger partial charge in [-0.3, -0.25) is 9.59 Å². The van der Waals surface area contributed by atoms with Gasteiger partial charge in [0.1, 0.15) is 10.9 Å². The maximum atomic E-state index is 13.4. The molecule has 2 aromatic rings. The third-order valence-electron chi connectivity index (χ3n) is 3.00. The molecule has 0 aliphatic rings. The standard InChI is InChI=1S/C14H14F2N4O2S/c1-17-13(22)11(7-3-4-8(15)9(16)5-7)20-12(21)10-6-19-14(18-2)23-10/h3-6,11H,1-2H3,(H,17,22)(H,18,19)(H,20,21)/t11-/m0/s1. The number of nitrogens with one attached hydrogen (secondary N) is 3. The zero-order valence-electron chi connectivity index (χ0n) is 12.3. The van der Waals surface area contributed by atoms with E-state index in [9.17, 15) is 18.4 Å². The molecule has 6 nitrogen and oxygen atoms in total. The zero-order chi connectivity index (χ0) is 17.0. The molecule has 0 aliphatic heterocycles. The van der Waals surface area contributed by atoms with Crippen LogP contribution >= 0.6 is 11.3 Å². The van der Waals surface area contributed by atoms with Gasteiger partial charge in [-0.15, -0.1) is 0 Å². The number of hydrogen-bond acceptors (Lipinski definition) is 5. The molecule has 0 bridgehead atoms. The summed E-state index contributed by atoms with van der Waals surface area (Å²) >= 11 is 1.10. The number of amides is 2. The second-order valence-corrected chi connectivity index (χ2v) is 5.50. The summed E-state index contributed by atoms with van der Waals surface area (Å²) in [5.74, 6) is -3.22. The number of carbonyl (C=O) groups is 2. The highest BCUT2D eigenvalue weighted by Crippen LogP contribution is 2.20. The number of halogens is 2. The largest absolute Gasteiger partial charge is 0.365 e. The molecular formula is C14H14F2N4O2S. The Bertz CT molecular complexity index is 735. The monoisotopic (exact) mass is 340 g/mol. The highest BCUT2D eigenvalue weighted by atomic mass is 32.1. The van der Waals surface area contributed by atoms with Crippen LogP contribution in [0.5, 0.6) is 0 Å². The van der Waals surface area contributed by atoms with E-state index in [4.69, 9.17) is 0 Å². The summed E-state index contributed by atoms with van der Waals surface area (Å²) < 4.78 is 26.4. The highest BCUT2D eigenvalue weighted by molar-refractivity contribution is 7.17. The van der Waals surface area contributed by atoms with Gasteiger partial charge in [-0.2, -0.15) is 0 Å². The molecule has 1 atom stereocenters. The molecule has 0 fully saturated rings. The van der Waals surface area contributed by atoms with Crippen LogP contribution in [0.1, 0.15) is 21.3 Å². The van der Waals surface area contributed by atoms with Crippen molar-refractivity contribution in [1.82, 2.24) is 15.6 Å². The first-order chi connectivity index (χ1) is 11.0. The van der Waals surface area contributed by atoms with Crippen molar-refractivity contribution in [1.29, 1.82) is 0 Å². The van der Waals surface area contributed by atoms with E-state index in [2.05, 4.69) is 20.9 Å². The Hall–Kier alpha value is -2.55. The number of likely N-dealkylation sites (N-methyl/N-ethyl adjacent to an activating group) is 1. The minimum absolute atomic E-state index is 0.134. The molecule has 0 unspecified atom stereocenters. The highest BCUT2D eigenvalue weighted by Gasteiger charge is 2.24. The Kier molecular flexibility index (Phi) is 5.22. The second-order valence-electron chi connectivity index (χ2n) is 4.47. The number of thiazole rings is 1. The lowest BCUT2D eigenvalue weighted by Gasteiger charge is -2.17. The second kappa shape index (κ2) is 7.14. The Balaban J connectivity index is 2.26. The topological polar surface area (TPSA) is 83.1 Å². The quantitative estimate of drug-likeness (QED) is 0.773.